The average Bonchev–Trinajstić information content (AvgIpc) is 4.05. The fourth-order valence-corrected chi connectivity index (χ4v) is 8.40. The predicted molar refractivity (Wildman–Crippen MR) is 210 cm³/mol. The van der Waals surface area contributed by atoms with Crippen LogP contribution in [0.3, 0.4) is 0 Å². The smallest absolute Gasteiger partial charge is 0.407 e. The summed E-state index contributed by atoms with van der Waals surface area (Å²) >= 11 is 0. The second-order valence-corrected chi connectivity index (χ2v) is 15.9. The molecule has 310 valence electrons. The Hall–Kier alpha value is -6.46. The highest BCUT2D eigenvalue weighted by Gasteiger charge is 2.43. The molecule has 0 bridgehead atoms. The second kappa shape index (κ2) is 15.4. The molecular weight excluding hydrogens is 769 g/mol. The van der Waals surface area contributed by atoms with E-state index in [0.29, 0.717) is 34.5 Å². The molecule has 4 amide bonds. The Bertz CT molecular complexity index is 2440. The summed E-state index contributed by atoms with van der Waals surface area (Å²) < 4.78 is 42.9. The van der Waals surface area contributed by atoms with Crippen molar-refractivity contribution < 1.29 is 42.5 Å². The number of likely N-dealkylation sites (tertiary alicyclic amines) is 2. The molecule has 8 rings (SSSR count). The van der Waals surface area contributed by atoms with Gasteiger partial charge in [0.2, 0.25) is 11.8 Å². The minimum atomic E-state index is -1.33. The van der Waals surface area contributed by atoms with Gasteiger partial charge in [0.1, 0.15) is 36.1 Å². The number of aromatic nitrogens is 5. The van der Waals surface area contributed by atoms with Crippen molar-refractivity contribution in [3.05, 3.63) is 66.6 Å². The topological polar surface area (TPSA) is 200 Å². The highest BCUT2D eigenvalue weighted by atomic mass is 19.1. The Kier molecular flexibility index (Phi) is 10.3. The summed E-state index contributed by atoms with van der Waals surface area (Å²) in [6.45, 7) is 6.75. The number of aromatic amines is 2. The average molecular weight is 814 g/mol. The minimum Gasteiger partial charge on any atom is -0.465 e. The zero-order valence-electron chi connectivity index (χ0n) is 33.0. The van der Waals surface area contributed by atoms with Crippen molar-refractivity contribution in [2.45, 2.75) is 77.0 Å². The number of ether oxygens (including phenoxy) is 2. The zero-order chi connectivity index (χ0) is 41.9. The first-order chi connectivity index (χ1) is 28.2. The van der Waals surface area contributed by atoms with Crippen LogP contribution in [0.15, 0.2) is 55.0 Å². The number of carbonyl (C=O) groups excluding carboxylic acids is 3. The standard InChI is InChI=1S/C41H45F2N9O7/c1-19(2)33(48-40(55)56)38(53)51-17-22(42)13-29(51)36-44-15-26(46-36)21-6-8-28-32(12-21)59-31-9-7-24(25-10-11-50(28)35(25)31)27-16-45-37(47-27)30-14-23(43)18-52(30)39(54)34(20(3)4)49-41(57)58-5/h6-12,15-16,19-20,22-23,29-30,33-34,48H,13-14,17-18H2,1-5H3,(H,44,46)(H,45,47)(H,49,57)(H,55,56)/t22-,23-,29+,30+,33+,34+/m1/s1. The van der Waals surface area contributed by atoms with Gasteiger partial charge in [0.05, 0.1) is 67.3 Å². The molecular formula is C41H45F2N9O7. The van der Waals surface area contributed by atoms with Gasteiger partial charge in [0.25, 0.3) is 0 Å². The number of nitrogens with zero attached hydrogens (tertiary/aromatic N) is 5. The number of halogens is 2. The lowest BCUT2D eigenvalue weighted by Gasteiger charge is -2.29. The lowest BCUT2D eigenvalue weighted by atomic mass is 10.0. The first-order valence-electron chi connectivity index (χ1n) is 19.5. The largest absolute Gasteiger partial charge is 0.465 e. The number of carbonyl (C=O) groups is 4. The molecule has 3 aliphatic heterocycles. The fraction of sp³-hybridized carbons (Fsp3) is 0.415. The lowest BCUT2D eigenvalue weighted by Crippen LogP contribution is -2.51. The fourth-order valence-electron chi connectivity index (χ4n) is 8.40. The number of methoxy groups -OCH3 is 1. The van der Waals surface area contributed by atoms with Crippen molar-refractivity contribution in [2.24, 2.45) is 11.8 Å². The van der Waals surface area contributed by atoms with E-state index in [4.69, 9.17) is 9.47 Å². The number of hydrogen-bond donors (Lipinski definition) is 5. The summed E-state index contributed by atoms with van der Waals surface area (Å²) in [7, 11) is 1.22. The van der Waals surface area contributed by atoms with Crippen LogP contribution < -0.4 is 15.4 Å². The van der Waals surface area contributed by atoms with E-state index in [2.05, 4.69) is 30.6 Å². The van der Waals surface area contributed by atoms with Crippen molar-refractivity contribution in [1.29, 1.82) is 0 Å². The van der Waals surface area contributed by atoms with E-state index in [1.807, 2.05) is 47.2 Å². The number of carboxylic acid groups (broad SMARTS) is 1. The molecule has 16 nitrogen and oxygen atoms in total. The summed E-state index contributed by atoms with van der Waals surface area (Å²) in [5, 5.41) is 15.0. The van der Waals surface area contributed by atoms with E-state index >= 15 is 0 Å². The predicted octanol–water partition coefficient (Wildman–Crippen LogP) is 6.41. The summed E-state index contributed by atoms with van der Waals surface area (Å²) in [6, 6.07) is 8.12. The molecule has 2 saturated heterocycles. The van der Waals surface area contributed by atoms with E-state index in [0.717, 1.165) is 27.7 Å². The molecule has 0 aliphatic carbocycles. The Morgan fingerprint density at radius 3 is 2.02 bits per heavy atom. The number of nitrogens with one attached hydrogen (secondary N) is 4. The van der Waals surface area contributed by atoms with Gasteiger partial charge in [-0.3, -0.25) is 9.59 Å². The molecule has 18 heteroatoms. The van der Waals surface area contributed by atoms with Crippen LogP contribution in [0.5, 0.6) is 11.5 Å². The molecule has 6 atom stereocenters. The van der Waals surface area contributed by atoms with Gasteiger partial charge in [-0.15, -0.1) is 0 Å². The van der Waals surface area contributed by atoms with Crippen LogP contribution in [0.25, 0.3) is 39.1 Å². The lowest BCUT2D eigenvalue weighted by molar-refractivity contribution is -0.136. The van der Waals surface area contributed by atoms with Gasteiger partial charge < -0.3 is 49.5 Å². The number of fused-ring (bicyclic) bond motifs is 2. The quantitative estimate of drug-likeness (QED) is 0.104. The highest BCUT2D eigenvalue weighted by Crippen LogP contribution is 2.45. The summed E-state index contributed by atoms with van der Waals surface area (Å²) in [5.41, 5.74) is 4.46. The third-order valence-electron chi connectivity index (χ3n) is 11.3. The van der Waals surface area contributed by atoms with Crippen molar-refractivity contribution in [3.8, 4) is 39.7 Å². The first-order valence-corrected chi connectivity index (χ1v) is 19.5. The number of rotatable bonds is 10. The molecule has 2 aromatic carbocycles. The molecule has 6 heterocycles. The van der Waals surface area contributed by atoms with E-state index in [-0.39, 0.29) is 37.8 Å². The van der Waals surface area contributed by atoms with Crippen LogP contribution in [0.1, 0.15) is 64.3 Å². The van der Waals surface area contributed by atoms with Gasteiger partial charge in [-0.2, -0.15) is 0 Å². The van der Waals surface area contributed by atoms with Gasteiger partial charge in [0, 0.05) is 35.6 Å². The molecule has 3 aliphatic rings. The summed E-state index contributed by atoms with van der Waals surface area (Å²) in [5.74, 6) is 0.470. The van der Waals surface area contributed by atoms with Crippen molar-refractivity contribution in [1.82, 2.24) is 44.9 Å². The van der Waals surface area contributed by atoms with Crippen LogP contribution >= 0.6 is 0 Å². The summed E-state index contributed by atoms with van der Waals surface area (Å²) in [4.78, 5) is 69.0. The SMILES string of the molecule is COC(=O)N[C@H](C(=O)N1C[C@H](F)C[C@H]1c1ncc(-c2ccc3c4c2ccn4-c2ccc(-c4cnc([C@@H]5C[C@@H](F)CN5C(=O)[C@@H](NC(=O)O)C(C)C)[nH]4)cc2O3)[nH]1)C(C)C. The number of alkyl carbamates (subject to hydrolysis) is 1. The van der Waals surface area contributed by atoms with Crippen LogP contribution in [-0.2, 0) is 14.3 Å². The molecule has 5 N–H and O–H groups in total. The van der Waals surface area contributed by atoms with Gasteiger partial charge in [-0.1, -0.05) is 33.8 Å². The van der Waals surface area contributed by atoms with E-state index in [9.17, 15) is 33.1 Å². The Morgan fingerprint density at radius 1 is 0.831 bits per heavy atom. The number of H-pyrrole nitrogens is 2. The van der Waals surface area contributed by atoms with Crippen molar-refractivity contribution >= 4 is 34.9 Å². The van der Waals surface area contributed by atoms with Crippen LogP contribution in [0, 0.1) is 11.8 Å². The maximum absolute atomic E-state index is 14.9. The van der Waals surface area contributed by atoms with E-state index < -0.39 is 60.5 Å². The van der Waals surface area contributed by atoms with Crippen molar-refractivity contribution in [2.75, 3.05) is 20.2 Å². The van der Waals surface area contributed by atoms with E-state index in [1.165, 1.54) is 16.9 Å². The number of imidazole rings is 2. The molecule has 0 spiro atoms. The number of amides is 4. The molecule has 0 radical (unpaired) electrons. The molecule has 0 unspecified atom stereocenters. The molecule has 0 saturated carbocycles. The van der Waals surface area contributed by atoms with Crippen molar-refractivity contribution in [3.63, 3.8) is 0 Å². The molecule has 2 fully saturated rings. The van der Waals surface area contributed by atoms with Gasteiger partial charge in [0.15, 0.2) is 11.5 Å². The minimum absolute atomic E-state index is 0.0256. The Morgan fingerprint density at radius 2 is 1.42 bits per heavy atom. The van der Waals surface area contributed by atoms with Gasteiger partial charge >= 0.3 is 12.2 Å². The monoisotopic (exact) mass is 813 g/mol. The normalized spacial score (nSPS) is 20.8. The zero-order valence-corrected chi connectivity index (χ0v) is 33.0. The third-order valence-corrected chi connectivity index (χ3v) is 11.3. The van der Waals surface area contributed by atoms with Crippen LogP contribution in [0.2, 0.25) is 0 Å². The maximum atomic E-state index is 14.9. The highest BCUT2D eigenvalue weighted by molar-refractivity contribution is 6.00. The number of benzene rings is 2. The van der Waals surface area contributed by atoms with Crippen LogP contribution in [0.4, 0.5) is 18.4 Å². The first kappa shape index (κ1) is 39.4. The third kappa shape index (κ3) is 7.20. The second-order valence-electron chi connectivity index (χ2n) is 15.9. The Labute approximate surface area is 337 Å². The van der Waals surface area contributed by atoms with E-state index in [1.54, 1.807) is 40.1 Å². The molecule has 5 aromatic rings. The Balaban J connectivity index is 1.03. The maximum Gasteiger partial charge on any atom is 0.407 e. The van der Waals surface area contributed by atoms with Gasteiger partial charge in [-0.25, -0.2) is 28.3 Å². The number of hydrogen-bond acceptors (Lipinski definition) is 8. The summed E-state index contributed by atoms with van der Waals surface area (Å²) in [6.07, 6.45) is 0.677. The molecule has 59 heavy (non-hydrogen) atoms. The van der Waals surface area contributed by atoms with Gasteiger partial charge in [-0.05, 0) is 42.2 Å². The number of alkyl halides is 2. The van der Waals surface area contributed by atoms with Crippen LogP contribution in [-0.4, -0.2) is 108 Å². The molecule has 3 aromatic heterocycles.